The molecule has 0 bridgehead atoms. The second kappa shape index (κ2) is 6.29. The normalized spacial score (nSPS) is 17.5. The fourth-order valence-corrected chi connectivity index (χ4v) is 2.66. The quantitative estimate of drug-likeness (QED) is 0.634. The van der Waals surface area contributed by atoms with Gasteiger partial charge in [0.1, 0.15) is 0 Å². The van der Waals surface area contributed by atoms with Crippen LogP contribution >= 0.6 is 0 Å². The van der Waals surface area contributed by atoms with E-state index >= 15 is 0 Å². The predicted octanol–water partition coefficient (Wildman–Crippen LogP) is 2.59. The third kappa shape index (κ3) is 3.62. The maximum Gasteiger partial charge on any atom is 0.0306 e. The Morgan fingerprint density at radius 1 is 1.20 bits per heavy atom. The molecular formula is C13H26N2. The first-order valence-electron chi connectivity index (χ1n) is 6.39. The number of hydrogen-bond acceptors (Lipinski definition) is 2. The SMILES string of the molecule is CCCC(CN)(CCC)NC1CC=CC1. The Bertz CT molecular complexity index is 185. The van der Waals surface area contributed by atoms with Crippen LogP contribution < -0.4 is 11.1 Å². The summed E-state index contributed by atoms with van der Waals surface area (Å²) in [6.45, 7) is 5.26. The highest BCUT2D eigenvalue weighted by Gasteiger charge is 2.29. The molecule has 0 aromatic rings. The molecule has 0 aromatic carbocycles. The highest BCUT2D eigenvalue weighted by atomic mass is 15.0. The van der Waals surface area contributed by atoms with Gasteiger partial charge in [-0.05, 0) is 25.7 Å². The Morgan fingerprint density at radius 3 is 2.13 bits per heavy atom. The lowest BCUT2D eigenvalue weighted by molar-refractivity contribution is 0.253. The van der Waals surface area contributed by atoms with E-state index in [1.165, 1.54) is 38.5 Å². The molecule has 0 saturated heterocycles. The minimum Gasteiger partial charge on any atom is -0.329 e. The molecule has 0 atom stereocenters. The van der Waals surface area contributed by atoms with E-state index in [9.17, 15) is 0 Å². The Balaban J connectivity index is 2.52. The zero-order valence-corrected chi connectivity index (χ0v) is 10.3. The first-order valence-corrected chi connectivity index (χ1v) is 6.39. The molecule has 88 valence electrons. The summed E-state index contributed by atoms with van der Waals surface area (Å²) >= 11 is 0. The summed E-state index contributed by atoms with van der Waals surface area (Å²) in [5.41, 5.74) is 6.17. The zero-order chi connectivity index (χ0) is 11.1. The van der Waals surface area contributed by atoms with Gasteiger partial charge in [-0.1, -0.05) is 38.8 Å². The summed E-state index contributed by atoms with van der Waals surface area (Å²) in [5, 5.41) is 3.79. The summed E-state index contributed by atoms with van der Waals surface area (Å²) in [5.74, 6) is 0. The van der Waals surface area contributed by atoms with Crippen LogP contribution in [-0.2, 0) is 0 Å². The Labute approximate surface area is 94.3 Å². The highest BCUT2D eigenvalue weighted by Crippen LogP contribution is 2.22. The molecule has 0 spiro atoms. The molecule has 3 N–H and O–H groups in total. The van der Waals surface area contributed by atoms with E-state index in [0.717, 1.165) is 6.54 Å². The van der Waals surface area contributed by atoms with Crippen LogP contribution in [0.3, 0.4) is 0 Å². The van der Waals surface area contributed by atoms with Crippen molar-refractivity contribution in [2.45, 2.75) is 64.0 Å². The molecule has 0 saturated carbocycles. The minimum absolute atomic E-state index is 0.195. The predicted molar refractivity (Wildman–Crippen MR) is 66.9 cm³/mol. The number of nitrogens with two attached hydrogens (primary N) is 1. The summed E-state index contributed by atoms with van der Waals surface area (Å²) < 4.78 is 0. The molecule has 0 amide bonds. The van der Waals surface area contributed by atoms with Gasteiger partial charge in [0.05, 0.1) is 0 Å². The van der Waals surface area contributed by atoms with Crippen LogP contribution in [0.2, 0.25) is 0 Å². The van der Waals surface area contributed by atoms with E-state index in [4.69, 9.17) is 5.73 Å². The lowest BCUT2D eigenvalue weighted by Crippen LogP contribution is -2.54. The van der Waals surface area contributed by atoms with Crippen LogP contribution in [0.15, 0.2) is 12.2 Å². The van der Waals surface area contributed by atoms with Crippen LogP contribution in [0.25, 0.3) is 0 Å². The molecule has 0 fully saturated rings. The van der Waals surface area contributed by atoms with E-state index < -0.39 is 0 Å². The van der Waals surface area contributed by atoms with Gasteiger partial charge in [0.15, 0.2) is 0 Å². The van der Waals surface area contributed by atoms with Crippen LogP contribution in [0.5, 0.6) is 0 Å². The third-order valence-corrected chi connectivity index (χ3v) is 3.37. The summed E-state index contributed by atoms with van der Waals surface area (Å²) in [7, 11) is 0. The second-order valence-corrected chi connectivity index (χ2v) is 4.77. The fraction of sp³-hybridized carbons (Fsp3) is 0.846. The average Bonchev–Trinajstić information content (AvgIpc) is 2.71. The van der Waals surface area contributed by atoms with Crippen molar-refractivity contribution in [2.75, 3.05) is 6.54 Å². The van der Waals surface area contributed by atoms with Crippen molar-refractivity contribution in [1.29, 1.82) is 0 Å². The lowest BCUT2D eigenvalue weighted by Gasteiger charge is -2.36. The van der Waals surface area contributed by atoms with Crippen LogP contribution in [0, 0.1) is 0 Å². The van der Waals surface area contributed by atoms with Crippen molar-refractivity contribution in [1.82, 2.24) is 5.32 Å². The topological polar surface area (TPSA) is 38.0 Å². The van der Waals surface area contributed by atoms with Gasteiger partial charge in [-0.2, -0.15) is 0 Å². The molecule has 2 nitrogen and oxygen atoms in total. The van der Waals surface area contributed by atoms with Gasteiger partial charge < -0.3 is 11.1 Å². The van der Waals surface area contributed by atoms with E-state index in [1.54, 1.807) is 0 Å². The molecule has 0 unspecified atom stereocenters. The average molecular weight is 210 g/mol. The zero-order valence-electron chi connectivity index (χ0n) is 10.3. The second-order valence-electron chi connectivity index (χ2n) is 4.77. The van der Waals surface area contributed by atoms with E-state index in [2.05, 4.69) is 31.3 Å². The highest BCUT2D eigenvalue weighted by molar-refractivity contribution is 5.02. The van der Waals surface area contributed by atoms with Crippen molar-refractivity contribution in [3.05, 3.63) is 12.2 Å². The first-order chi connectivity index (χ1) is 7.26. The molecule has 2 heteroatoms. The Morgan fingerprint density at radius 2 is 1.73 bits per heavy atom. The molecule has 0 heterocycles. The van der Waals surface area contributed by atoms with Crippen molar-refractivity contribution in [3.8, 4) is 0 Å². The smallest absolute Gasteiger partial charge is 0.0306 e. The van der Waals surface area contributed by atoms with Crippen molar-refractivity contribution in [3.63, 3.8) is 0 Å². The van der Waals surface area contributed by atoms with Crippen LogP contribution in [0.1, 0.15) is 52.4 Å². The van der Waals surface area contributed by atoms with Gasteiger partial charge >= 0.3 is 0 Å². The molecular weight excluding hydrogens is 184 g/mol. The Kier molecular flexibility index (Phi) is 5.34. The molecule has 0 aliphatic heterocycles. The van der Waals surface area contributed by atoms with Crippen LogP contribution in [0.4, 0.5) is 0 Å². The van der Waals surface area contributed by atoms with Gasteiger partial charge in [-0.25, -0.2) is 0 Å². The molecule has 0 aromatic heterocycles. The van der Waals surface area contributed by atoms with Gasteiger partial charge in [0.25, 0.3) is 0 Å². The third-order valence-electron chi connectivity index (χ3n) is 3.37. The molecule has 1 aliphatic rings. The fourth-order valence-electron chi connectivity index (χ4n) is 2.66. The minimum atomic E-state index is 0.195. The van der Waals surface area contributed by atoms with Gasteiger partial charge in [-0.3, -0.25) is 0 Å². The van der Waals surface area contributed by atoms with Crippen molar-refractivity contribution >= 4 is 0 Å². The molecule has 0 radical (unpaired) electrons. The van der Waals surface area contributed by atoms with E-state index in [0.29, 0.717) is 6.04 Å². The summed E-state index contributed by atoms with van der Waals surface area (Å²) in [6.07, 6.45) is 11.7. The van der Waals surface area contributed by atoms with Gasteiger partial charge in [0.2, 0.25) is 0 Å². The van der Waals surface area contributed by atoms with E-state index in [1.807, 2.05) is 0 Å². The maximum absolute atomic E-state index is 5.98. The summed E-state index contributed by atoms with van der Waals surface area (Å²) in [4.78, 5) is 0. The van der Waals surface area contributed by atoms with E-state index in [-0.39, 0.29) is 5.54 Å². The maximum atomic E-state index is 5.98. The number of nitrogens with one attached hydrogen (secondary N) is 1. The standard InChI is InChI=1S/C13H26N2/c1-3-9-13(11-14,10-4-2)15-12-7-5-6-8-12/h5-6,12,15H,3-4,7-11,14H2,1-2H3. The molecule has 1 aliphatic carbocycles. The largest absolute Gasteiger partial charge is 0.329 e. The molecule has 1 rings (SSSR count). The van der Waals surface area contributed by atoms with Gasteiger partial charge in [0, 0.05) is 18.1 Å². The molecule has 15 heavy (non-hydrogen) atoms. The van der Waals surface area contributed by atoms with Crippen LogP contribution in [-0.4, -0.2) is 18.1 Å². The number of rotatable bonds is 7. The summed E-state index contributed by atoms with van der Waals surface area (Å²) in [6, 6.07) is 0.631. The van der Waals surface area contributed by atoms with Crippen molar-refractivity contribution in [2.24, 2.45) is 5.73 Å². The lowest BCUT2D eigenvalue weighted by atomic mass is 9.87. The first kappa shape index (κ1) is 12.7. The number of hydrogen-bond donors (Lipinski definition) is 2. The van der Waals surface area contributed by atoms with Crippen molar-refractivity contribution < 1.29 is 0 Å². The monoisotopic (exact) mass is 210 g/mol. The van der Waals surface area contributed by atoms with Gasteiger partial charge in [-0.15, -0.1) is 0 Å². The Hall–Kier alpha value is -0.340.